The summed E-state index contributed by atoms with van der Waals surface area (Å²) >= 11 is 6.13. The monoisotopic (exact) mass is 308 g/mol. The molecule has 2 nitrogen and oxygen atoms in total. The van der Waals surface area contributed by atoms with E-state index in [9.17, 15) is 13.2 Å². The summed E-state index contributed by atoms with van der Waals surface area (Å²) in [5.74, 6) is 0. The van der Waals surface area contributed by atoms with Gasteiger partial charge in [-0.15, -0.1) is 0 Å². The second-order valence-electron chi connectivity index (χ2n) is 4.56. The molecule has 0 aliphatic heterocycles. The van der Waals surface area contributed by atoms with Gasteiger partial charge in [-0.1, -0.05) is 37.6 Å². The molecule has 114 valence electrons. The van der Waals surface area contributed by atoms with Gasteiger partial charge in [0.05, 0.1) is 10.7 Å². The van der Waals surface area contributed by atoms with Crippen LogP contribution in [0, 0.1) is 0 Å². The molecule has 0 saturated carbocycles. The second kappa shape index (κ2) is 7.74. The number of anilines is 1. The zero-order valence-corrected chi connectivity index (χ0v) is 12.5. The van der Waals surface area contributed by atoms with Crippen molar-refractivity contribution >= 4 is 17.3 Å². The van der Waals surface area contributed by atoms with Crippen molar-refractivity contribution in [2.45, 2.75) is 33.0 Å². The fourth-order valence-corrected chi connectivity index (χ4v) is 2.39. The first-order valence-electron chi connectivity index (χ1n) is 6.68. The lowest BCUT2D eigenvalue weighted by molar-refractivity contribution is -0.119. The molecule has 0 aliphatic carbocycles. The topological polar surface area (TPSA) is 15.3 Å². The average Bonchev–Trinajstić information content (AvgIpc) is 2.34. The third kappa shape index (κ3) is 5.21. The molecule has 0 spiro atoms. The molecule has 1 aromatic carbocycles. The van der Waals surface area contributed by atoms with Gasteiger partial charge >= 0.3 is 6.18 Å². The molecule has 0 saturated heterocycles. The van der Waals surface area contributed by atoms with Gasteiger partial charge in [-0.05, 0) is 24.6 Å². The molecule has 0 unspecified atom stereocenters. The third-order valence-electron chi connectivity index (χ3n) is 2.82. The highest BCUT2D eigenvalue weighted by atomic mass is 35.5. The Morgan fingerprint density at radius 1 is 1.25 bits per heavy atom. The molecule has 0 aliphatic rings. The van der Waals surface area contributed by atoms with E-state index in [1.54, 1.807) is 12.1 Å². The summed E-state index contributed by atoms with van der Waals surface area (Å²) in [6.07, 6.45) is -3.62. The molecule has 6 heteroatoms. The van der Waals surface area contributed by atoms with Crippen LogP contribution in [-0.4, -0.2) is 25.8 Å². The Morgan fingerprint density at radius 3 is 2.50 bits per heavy atom. The average molecular weight is 309 g/mol. The lowest BCUT2D eigenvalue weighted by Crippen LogP contribution is -2.36. The molecule has 0 atom stereocenters. The molecule has 1 rings (SSSR count). The normalized spacial score (nSPS) is 11.7. The van der Waals surface area contributed by atoms with Gasteiger partial charge in [0.2, 0.25) is 0 Å². The van der Waals surface area contributed by atoms with Gasteiger partial charge in [0, 0.05) is 13.1 Å². The highest BCUT2D eigenvalue weighted by molar-refractivity contribution is 6.33. The van der Waals surface area contributed by atoms with E-state index in [2.05, 4.69) is 5.32 Å². The van der Waals surface area contributed by atoms with Crippen LogP contribution >= 0.6 is 11.6 Å². The Morgan fingerprint density at radius 2 is 1.95 bits per heavy atom. The Hall–Kier alpha value is -0.940. The van der Waals surface area contributed by atoms with Gasteiger partial charge in [-0.25, -0.2) is 0 Å². The van der Waals surface area contributed by atoms with E-state index in [4.69, 9.17) is 11.6 Å². The zero-order valence-electron chi connectivity index (χ0n) is 11.7. The predicted octanol–water partition coefficient (Wildman–Crippen LogP) is 4.23. The quantitative estimate of drug-likeness (QED) is 0.811. The van der Waals surface area contributed by atoms with Crippen LogP contribution < -0.4 is 10.2 Å². The maximum absolute atomic E-state index is 12.7. The van der Waals surface area contributed by atoms with Crippen molar-refractivity contribution in [2.75, 3.05) is 24.5 Å². The summed E-state index contributed by atoms with van der Waals surface area (Å²) in [5.41, 5.74) is 1.27. The Kier molecular flexibility index (Phi) is 6.62. The van der Waals surface area contributed by atoms with Crippen LogP contribution in [0.15, 0.2) is 18.2 Å². The van der Waals surface area contributed by atoms with E-state index in [0.717, 1.165) is 12.1 Å². The summed E-state index contributed by atoms with van der Waals surface area (Å²) < 4.78 is 38.2. The molecule has 0 heterocycles. The first-order chi connectivity index (χ1) is 9.39. The summed E-state index contributed by atoms with van der Waals surface area (Å²) in [6, 6.07) is 5.20. The number of hydrogen-bond acceptors (Lipinski definition) is 2. The van der Waals surface area contributed by atoms with Crippen LogP contribution in [0.1, 0.15) is 25.8 Å². The van der Waals surface area contributed by atoms with Crippen LogP contribution in [0.2, 0.25) is 5.02 Å². The molecular formula is C14H20ClF3N2. The zero-order chi connectivity index (χ0) is 15.2. The van der Waals surface area contributed by atoms with E-state index in [-0.39, 0.29) is 0 Å². The highest BCUT2D eigenvalue weighted by Gasteiger charge is 2.32. The lowest BCUT2D eigenvalue weighted by atomic mass is 10.1. The molecule has 1 N–H and O–H groups in total. The number of nitrogens with zero attached hydrogens (tertiary/aromatic N) is 1. The van der Waals surface area contributed by atoms with Crippen molar-refractivity contribution in [1.82, 2.24) is 5.32 Å². The van der Waals surface area contributed by atoms with Crippen LogP contribution in [0.25, 0.3) is 0 Å². The fourth-order valence-electron chi connectivity index (χ4n) is 2.07. The van der Waals surface area contributed by atoms with E-state index >= 15 is 0 Å². The number of benzene rings is 1. The first kappa shape index (κ1) is 17.1. The van der Waals surface area contributed by atoms with Crippen LogP contribution in [0.5, 0.6) is 0 Å². The predicted molar refractivity (Wildman–Crippen MR) is 77.4 cm³/mol. The summed E-state index contributed by atoms with van der Waals surface area (Å²) in [5, 5.41) is 3.48. The molecular weight excluding hydrogens is 289 g/mol. The summed E-state index contributed by atoms with van der Waals surface area (Å²) in [7, 11) is 0. The SMILES string of the molecule is CCCN(CC(F)(F)F)c1c(Cl)cccc1CNCC. The Bertz CT molecular complexity index is 421. The number of rotatable bonds is 7. The largest absolute Gasteiger partial charge is 0.405 e. The van der Waals surface area contributed by atoms with E-state index in [1.165, 1.54) is 4.90 Å². The maximum atomic E-state index is 12.7. The summed E-state index contributed by atoms with van der Waals surface area (Å²) in [6.45, 7) is 4.39. The van der Waals surface area contributed by atoms with Crippen molar-refractivity contribution in [3.63, 3.8) is 0 Å². The van der Waals surface area contributed by atoms with Crippen LogP contribution in [0.3, 0.4) is 0 Å². The Labute approximate surface area is 122 Å². The maximum Gasteiger partial charge on any atom is 0.405 e. The van der Waals surface area contributed by atoms with Gasteiger partial charge in [0.15, 0.2) is 0 Å². The van der Waals surface area contributed by atoms with Gasteiger partial charge < -0.3 is 10.2 Å². The van der Waals surface area contributed by atoms with Crippen molar-refractivity contribution in [1.29, 1.82) is 0 Å². The Balaban J connectivity index is 3.10. The molecule has 0 amide bonds. The standard InChI is InChI=1S/C14H20ClF3N2/c1-3-8-20(10-14(16,17)18)13-11(9-19-4-2)6-5-7-12(13)15/h5-7,19H,3-4,8-10H2,1-2H3. The number of alkyl halides is 3. The number of hydrogen-bond donors (Lipinski definition) is 1. The summed E-state index contributed by atoms with van der Waals surface area (Å²) in [4.78, 5) is 1.31. The van der Waals surface area contributed by atoms with Crippen LogP contribution in [-0.2, 0) is 6.54 Å². The highest BCUT2D eigenvalue weighted by Crippen LogP contribution is 2.32. The van der Waals surface area contributed by atoms with Crippen molar-refractivity contribution in [3.8, 4) is 0 Å². The molecule has 0 bridgehead atoms. The van der Waals surface area contributed by atoms with Crippen LogP contribution in [0.4, 0.5) is 18.9 Å². The first-order valence-corrected chi connectivity index (χ1v) is 7.06. The molecule has 0 fully saturated rings. The third-order valence-corrected chi connectivity index (χ3v) is 3.12. The van der Waals surface area contributed by atoms with Gasteiger partial charge in [-0.2, -0.15) is 13.2 Å². The van der Waals surface area contributed by atoms with E-state index < -0.39 is 12.7 Å². The molecule has 0 aromatic heterocycles. The van der Waals surface area contributed by atoms with Gasteiger partial charge in [0.1, 0.15) is 6.54 Å². The molecule has 0 radical (unpaired) electrons. The smallest absolute Gasteiger partial charge is 0.361 e. The van der Waals surface area contributed by atoms with E-state index in [0.29, 0.717) is 30.2 Å². The minimum Gasteiger partial charge on any atom is -0.361 e. The second-order valence-corrected chi connectivity index (χ2v) is 4.97. The number of halogens is 4. The number of nitrogens with one attached hydrogen (secondary N) is 1. The van der Waals surface area contributed by atoms with E-state index in [1.807, 2.05) is 19.9 Å². The van der Waals surface area contributed by atoms with Gasteiger partial charge in [0.25, 0.3) is 0 Å². The lowest BCUT2D eigenvalue weighted by Gasteiger charge is -2.28. The van der Waals surface area contributed by atoms with Crippen molar-refractivity contribution in [3.05, 3.63) is 28.8 Å². The van der Waals surface area contributed by atoms with Crippen molar-refractivity contribution < 1.29 is 13.2 Å². The fraction of sp³-hybridized carbons (Fsp3) is 0.571. The van der Waals surface area contributed by atoms with Crippen molar-refractivity contribution in [2.24, 2.45) is 0 Å². The minimum absolute atomic E-state index is 0.322. The molecule has 1 aromatic rings. The minimum atomic E-state index is -4.25. The van der Waals surface area contributed by atoms with Gasteiger partial charge in [-0.3, -0.25) is 0 Å². The molecule has 20 heavy (non-hydrogen) atoms. The number of para-hydroxylation sites is 1.